The SMILES string of the molecule is O=C(COc1cccnc1[N+](=O)[O-])Cc1ccccc1F. The molecule has 0 fully saturated rings. The first-order chi connectivity index (χ1) is 10.1. The molecule has 0 saturated carbocycles. The number of rotatable bonds is 6. The van der Waals surface area contributed by atoms with E-state index in [9.17, 15) is 19.3 Å². The van der Waals surface area contributed by atoms with Gasteiger partial charge in [0.15, 0.2) is 5.78 Å². The largest absolute Gasteiger partial charge is 0.478 e. The third-order valence-electron chi connectivity index (χ3n) is 2.66. The van der Waals surface area contributed by atoms with E-state index in [-0.39, 0.29) is 24.3 Å². The maximum absolute atomic E-state index is 13.4. The summed E-state index contributed by atoms with van der Waals surface area (Å²) in [5.41, 5.74) is 0.256. The molecule has 108 valence electrons. The van der Waals surface area contributed by atoms with Crippen molar-refractivity contribution in [2.45, 2.75) is 6.42 Å². The molecule has 7 heteroatoms. The van der Waals surface area contributed by atoms with Crippen LogP contribution in [0.1, 0.15) is 5.56 Å². The fraction of sp³-hybridized carbons (Fsp3) is 0.143. The molecule has 0 aliphatic heterocycles. The topological polar surface area (TPSA) is 82.3 Å². The van der Waals surface area contributed by atoms with Crippen molar-refractivity contribution in [3.05, 3.63) is 64.1 Å². The highest BCUT2D eigenvalue weighted by Gasteiger charge is 2.17. The van der Waals surface area contributed by atoms with Crippen LogP contribution in [0, 0.1) is 15.9 Å². The number of ketones is 1. The molecular weight excluding hydrogens is 279 g/mol. The van der Waals surface area contributed by atoms with E-state index < -0.39 is 22.3 Å². The normalized spacial score (nSPS) is 10.1. The highest BCUT2D eigenvalue weighted by Crippen LogP contribution is 2.22. The smallest absolute Gasteiger partial charge is 0.406 e. The number of Topliss-reactive ketones (excluding diaryl/α,β-unsaturated/α-hetero) is 1. The average Bonchev–Trinajstić information content (AvgIpc) is 2.48. The van der Waals surface area contributed by atoms with Gasteiger partial charge in [-0.25, -0.2) is 4.39 Å². The molecule has 0 spiro atoms. The predicted octanol–water partition coefficient (Wildman–Crippen LogP) is 2.32. The fourth-order valence-corrected chi connectivity index (χ4v) is 1.70. The van der Waals surface area contributed by atoms with Crippen LogP contribution in [0.25, 0.3) is 0 Å². The Morgan fingerprint density at radius 3 is 2.76 bits per heavy atom. The van der Waals surface area contributed by atoms with Crippen molar-refractivity contribution in [1.29, 1.82) is 0 Å². The van der Waals surface area contributed by atoms with E-state index in [0.29, 0.717) is 0 Å². The Bertz CT molecular complexity index is 676. The molecule has 6 nitrogen and oxygen atoms in total. The van der Waals surface area contributed by atoms with Gasteiger partial charge in [0.2, 0.25) is 5.75 Å². The van der Waals surface area contributed by atoms with Crippen LogP contribution in [-0.4, -0.2) is 22.3 Å². The zero-order valence-electron chi connectivity index (χ0n) is 10.9. The number of benzene rings is 1. The second-order valence-electron chi connectivity index (χ2n) is 4.18. The lowest BCUT2D eigenvalue weighted by molar-refractivity contribution is -0.390. The van der Waals surface area contributed by atoms with E-state index in [1.807, 2.05) is 0 Å². The maximum Gasteiger partial charge on any atom is 0.406 e. The minimum atomic E-state index is -0.698. The van der Waals surface area contributed by atoms with E-state index in [0.717, 1.165) is 0 Å². The number of ether oxygens (including phenoxy) is 1. The van der Waals surface area contributed by atoms with Crippen molar-refractivity contribution < 1.29 is 18.8 Å². The first-order valence-electron chi connectivity index (χ1n) is 6.05. The van der Waals surface area contributed by atoms with E-state index in [1.54, 1.807) is 6.07 Å². The van der Waals surface area contributed by atoms with Crippen LogP contribution in [0.5, 0.6) is 5.75 Å². The van der Waals surface area contributed by atoms with Gasteiger partial charge in [0.05, 0.1) is 0 Å². The van der Waals surface area contributed by atoms with Crippen LogP contribution >= 0.6 is 0 Å². The van der Waals surface area contributed by atoms with Crippen molar-refractivity contribution in [2.75, 3.05) is 6.61 Å². The van der Waals surface area contributed by atoms with Gasteiger partial charge in [0.25, 0.3) is 0 Å². The second-order valence-corrected chi connectivity index (χ2v) is 4.18. The molecule has 0 saturated heterocycles. The summed E-state index contributed by atoms with van der Waals surface area (Å²) in [4.78, 5) is 25.3. The third-order valence-corrected chi connectivity index (χ3v) is 2.66. The van der Waals surface area contributed by atoms with Gasteiger partial charge in [-0.3, -0.25) is 4.79 Å². The molecule has 0 atom stereocenters. The first kappa shape index (κ1) is 14.6. The van der Waals surface area contributed by atoms with Gasteiger partial charge < -0.3 is 14.9 Å². The quantitative estimate of drug-likeness (QED) is 0.602. The van der Waals surface area contributed by atoms with Crippen molar-refractivity contribution in [1.82, 2.24) is 4.98 Å². The Kier molecular flexibility index (Phi) is 4.55. The van der Waals surface area contributed by atoms with Crippen molar-refractivity contribution >= 4 is 11.6 Å². The lowest BCUT2D eigenvalue weighted by Crippen LogP contribution is -2.15. The van der Waals surface area contributed by atoms with Crippen LogP contribution in [0.15, 0.2) is 42.6 Å². The van der Waals surface area contributed by atoms with Gasteiger partial charge in [0, 0.05) is 6.42 Å². The molecule has 21 heavy (non-hydrogen) atoms. The number of hydrogen-bond acceptors (Lipinski definition) is 5. The number of hydrogen-bond donors (Lipinski definition) is 0. The molecule has 0 amide bonds. The molecule has 0 N–H and O–H groups in total. The van der Waals surface area contributed by atoms with Gasteiger partial charge in [-0.1, -0.05) is 18.2 Å². The summed E-state index contributed by atoms with van der Waals surface area (Å²) < 4.78 is 18.5. The summed E-state index contributed by atoms with van der Waals surface area (Å²) >= 11 is 0. The van der Waals surface area contributed by atoms with Crippen LogP contribution in [0.2, 0.25) is 0 Å². The summed E-state index contributed by atoms with van der Waals surface area (Å²) in [7, 11) is 0. The number of halogens is 1. The zero-order chi connectivity index (χ0) is 15.2. The van der Waals surface area contributed by atoms with E-state index in [2.05, 4.69) is 4.98 Å². The highest BCUT2D eigenvalue weighted by molar-refractivity contribution is 5.82. The zero-order valence-corrected chi connectivity index (χ0v) is 10.9. The Hall–Kier alpha value is -2.83. The van der Waals surface area contributed by atoms with E-state index >= 15 is 0 Å². The number of nitrogens with zero attached hydrogens (tertiary/aromatic N) is 2. The molecule has 0 aliphatic rings. The number of pyridine rings is 1. The number of aromatic nitrogens is 1. The Labute approximate surface area is 119 Å². The van der Waals surface area contributed by atoms with Crippen LogP contribution in [-0.2, 0) is 11.2 Å². The summed E-state index contributed by atoms with van der Waals surface area (Å²) in [6.45, 7) is -0.388. The van der Waals surface area contributed by atoms with Crippen molar-refractivity contribution in [3.8, 4) is 5.75 Å². The fourth-order valence-electron chi connectivity index (χ4n) is 1.70. The highest BCUT2D eigenvalue weighted by atomic mass is 19.1. The van der Waals surface area contributed by atoms with Crippen molar-refractivity contribution in [2.24, 2.45) is 0 Å². The number of nitro groups is 1. The first-order valence-corrected chi connectivity index (χ1v) is 6.05. The summed E-state index contributed by atoms with van der Waals surface area (Å²) in [6, 6.07) is 8.72. The predicted molar refractivity (Wildman–Crippen MR) is 71.5 cm³/mol. The van der Waals surface area contributed by atoms with Crippen molar-refractivity contribution in [3.63, 3.8) is 0 Å². The molecule has 2 rings (SSSR count). The summed E-state index contributed by atoms with van der Waals surface area (Å²) in [5.74, 6) is -1.42. The van der Waals surface area contributed by atoms with Gasteiger partial charge in [-0.15, -0.1) is 0 Å². The summed E-state index contributed by atoms with van der Waals surface area (Å²) in [6.07, 6.45) is 1.12. The minimum Gasteiger partial charge on any atom is -0.478 e. The maximum atomic E-state index is 13.4. The van der Waals surface area contributed by atoms with E-state index in [1.165, 1.54) is 36.5 Å². The van der Waals surface area contributed by atoms with Crippen LogP contribution in [0.4, 0.5) is 10.2 Å². The van der Waals surface area contributed by atoms with Gasteiger partial charge in [-0.05, 0) is 33.7 Å². The molecule has 0 aliphatic carbocycles. The van der Waals surface area contributed by atoms with E-state index in [4.69, 9.17) is 4.74 Å². The average molecular weight is 290 g/mol. The number of carbonyl (C=O) groups excluding carboxylic acids is 1. The lowest BCUT2D eigenvalue weighted by Gasteiger charge is -2.06. The lowest BCUT2D eigenvalue weighted by atomic mass is 10.1. The standard InChI is InChI=1S/C14H11FN2O4/c15-12-5-2-1-4-10(12)8-11(18)9-21-13-6-3-7-16-14(13)17(19)20/h1-7H,8-9H2. The molecule has 0 bridgehead atoms. The van der Waals surface area contributed by atoms with Gasteiger partial charge in [0.1, 0.15) is 18.6 Å². The van der Waals surface area contributed by atoms with Crippen LogP contribution < -0.4 is 4.74 Å². The molecule has 1 heterocycles. The molecule has 2 aromatic rings. The Balaban J connectivity index is 1.99. The minimum absolute atomic E-state index is 0.0932. The monoisotopic (exact) mass is 290 g/mol. The van der Waals surface area contributed by atoms with Crippen LogP contribution in [0.3, 0.4) is 0 Å². The van der Waals surface area contributed by atoms with Gasteiger partial charge >= 0.3 is 5.82 Å². The molecule has 0 radical (unpaired) electrons. The number of carbonyl (C=O) groups is 1. The Morgan fingerprint density at radius 2 is 2.05 bits per heavy atom. The second kappa shape index (κ2) is 6.56. The summed E-state index contributed by atoms with van der Waals surface area (Å²) in [5, 5.41) is 10.7. The molecule has 0 unspecified atom stereocenters. The molecular formula is C14H11FN2O4. The van der Waals surface area contributed by atoms with Gasteiger partial charge in [-0.2, -0.15) is 0 Å². The third kappa shape index (κ3) is 3.82. The molecule has 1 aromatic carbocycles. The molecule has 1 aromatic heterocycles. The Morgan fingerprint density at radius 1 is 1.29 bits per heavy atom.